The van der Waals surface area contributed by atoms with Gasteiger partial charge in [-0.2, -0.15) is 0 Å². The molecule has 0 aliphatic rings. The fraction of sp³-hybridized carbons (Fsp3) is 0.833. The van der Waals surface area contributed by atoms with Gasteiger partial charge in [0.15, 0.2) is 0 Å². The van der Waals surface area contributed by atoms with Gasteiger partial charge >= 0.3 is 11.9 Å². The first kappa shape index (κ1) is 26.7. The van der Waals surface area contributed by atoms with Crippen molar-refractivity contribution in [1.82, 2.24) is 0 Å². The molecule has 28 heavy (non-hydrogen) atoms. The molecule has 0 aromatic carbocycles. The van der Waals surface area contributed by atoms with E-state index in [1.807, 2.05) is 0 Å². The number of unbranched alkanes of at least 4 members (excludes halogenated alkanes) is 14. The van der Waals surface area contributed by atoms with Crippen molar-refractivity contribution >= 4 is 11.9 Å². The summed E-state index contributed by atoms with van der Waals surface area (Å²) in [6.07, 6.45) is 22.1. The van der Waals surface area contributed by atoms with Crippen LogP contribution in [-0.4, -0.2) is 25.2 Å². The summed E-state index contributed by atoms with van der Waals surface area (Å²) in [5.41, 5.74) is 0. The summed E-state index contributed by atoms with van der Waals surface area (Å²) in [7, 11) is 0. The Balaban J connectivity index is 3.33. The van der Waals surface area contributed by atoms with Crippen LogP contribution in [0.4, 0.5) is 0 Å². The van der Waals surface area contributed by atoms with Crippen molar-refractivity contribution in [2.24, 2.45) is 0 Å². The number of ether oxygens (including phenoxy) is 2. The van der Waals surface area contributed by atoms with Crippen LogP contribution < -0.4 is 0 Å². The lowest BCUT2D eigenvalue weighted by atomic mass is 10.0. The summed E-state index contributed by atoms with van der Waals surface area (Å²) in [4.78, 5) is 22.9. The Morgan fingerprint density at radius 2 is 0.786 bits per heavy atom. The Kier molecular flexibility index (Phi) is 20.9. The van der Waals surface area contributed by atoms with Gasteiger partial charge in [-0.05, 0) is 12.8 Å². The maximum absolute atomic E-state index is 11.5. The molecule has 0 aromatic heterocycles. The number of esters is 2. The summed E-state index contributed by atoms with van der Waals surface area (Å²) < 4.78 is 10.1. The predicted molar refractivity (Wildman–Crippen MR) is 116 cm³/mol. The van der Waals surface area contributed by atoms with Crippen LogP contribution in [0.15, 0.2) is 12.2 Å². The maximum atomic E-state index is 11.5. The van der Waals surface area contributed by atoms with Crippen LogP contribution in [0.25, 0.3) is 0 Å². The molecular weight excluding hydrogens is 352 g/mol. The van der Waals surface area contributed by atoms with E-state index in [1.54, 1.807) is 0 Å². The molecule has 0 amide bonds. The van der Waals surface area contributed by atoms with E-state index in [9.17, 15) is 9.59 Å². The molecule has 0 aliphatic carbocycles. The zero-order valence-corrected chi connectivity index (χ0v) is 18.5. The molecule has 0 N–H and O–H groups in total. The fourth-order valence-corrected chi connectivity index (χ4v) is 3.05. The van der Waals surface area contributed by atoms with Crippen LogP contribution in [0, 0.1) is 0 Å². The highest BCUT2D eigenvalue weighted by atomic mass is 16.5. The van der Waals surface area contributed by atoms with Gasteiger partial charge in [-0.15, -0.1) is 0 Å². The lowest BCUT2D eigenvalue weighted by Crippen LogP contribution is -2.06. The summed E-state index contributed by atoms with van der Waals surface area (Å²) >= 11 is 0. The van der Waals surface area contributed by atoms with Crippen molar-refractivity contribution in [2.45, 2.75) is 117 Å². The Bertz CT molecular complexity index is 390. The van der Waals surface area contributed by atoms with Crippen LogP contribution in [0.3, 0.4) is 0 Å². The van der Waals surface area contributed by atoms with Crippen LogP contribution in [0.1, 0.15) is 117 Å². The average Bonchev–Trinajstić information content (AvgIpc) is 2.70. The fourth-order valence-electron chi connectivity index (χ4n) is 3.05. The SMILES string of the molecule is CCCCCCCCCCCCCCCOC(=O)/C=C/C(=O)OCCCCC. The number of hydrogen-bond acceptors (Lipinski definition) is 4. The van der Waals surface area contributed by atoms with Gasteiger partial charge in [-0.1, -0.05) is 104 Å². The molecule has 4 nitrogen and oxygen atoms in total. The second kappa shape index (κ2) is 22.0. The zero-order chi connectivity index (χ0) is 20.7. The van der Waals surface area contributed by atoms with Gasteiger partial charge in [0.2, 0.25) is 0 Å². The second-order valence-electron chi connectivity index (χ2n) is 7.62. The van der Waals surface area contributed by atoms with E-state index in [4.69, 9.17) is 9.47 Å². The van der Waals surface area contributed by atoms with E-state index < -0.39 is 11.9 Å². The van der Waals surface area contributed by atoms with Crippen molar-refractivity contribution < 1.29 is 19.1 Å². The van der Waals surface area contributed by atoms with E-state index in [-0.39, 0.29) is 0 Å². The minimum Gasteiger partial charge on any atom is -0.463 e. The summed E-state index contributed by atoms with van der Waals surface area (Å²) in [6.45, 7) is 5.18. The highest BCUT2D eigenvalue weighted by Gasteiger charge is 2.01. The van der Waals surface area contributed by atoms with Gasteiger partial charge in [0.25, 0.3) is 0 Å². The maximum Gasteiger partial charge on any atom is 0.331 e. The monoisotopic (exact) mass is 396 g/mol. The van der Waals surface area contributed by atoms with Gasteiger partial charge in [-0.3, -0.25) is 0 Å². The summed E-state index contributed by atoms with van der Waals surface area (Å²) in [6, 6.07) is 0. The van der Waals surface area contributed by atoms with E-state index in [0.717, 1.165) is 44.3 Å². The third kappa shape index (κ3) is 21.0. The van der Waals surface area contributed by atoms with Gasteiger partial charge in [0.05, 0.1) is 13.2 Å². The minimum absolute atomic E-state index is 0.408. The van der Waals surface area contributed by atoms with Crippen LogP contribution >= 0.6 is 0 Å². The first-order chi connectivity index (χ1) is 13.7. The van der Waals surface area contributed by atoms with Gasteiger partial charge in [0.1, 0.15) is 0 Å². The first-order valence-electron chi connectivity index (χ1n) is 11.7. The molecule has 0 rings (SSSR count). The lowest BCUT2D eigenvalue weighted by molar-refractivity contribution is -0.140. The molecule has 0 aromatic rings. The van der Waals surface area contributed by atoms with E-state index in [2.05, 4.69) is 13.8 Å². The van der Waals surface area contributed by atoms with Crippen molar-refractivity contribution in [3.05, 3.63) is 12.2 Å². The first-order valence-corrected chi connectivity index (χ1v) is 11.7. The van der Waals surface area contributed by atoms with Crippen molar-refractivity contribution in [1.29, 1.82) is 0 Å². The molecule has 4 heteroatoms. The quantitative estimate of drug-likeness (QED) is 0.127. The third-order valence-corrected chi connectivity index (χ3v) is 4.84. The molecule has 0 saturated carbocycles. The van der Waals surface area contributed by atoms with Crippen molar-refractivity contribution in [3.8, 4) is 0 Å². The Hall–Kier alpha value is -1.32. The zero-order valence-electron chi connectivity index (χ0n) is 18.5. The normalized spacial score (nSPS) is 11.1. The van der Waals surface area contributed by atoms with E-state index in [0.29, 0.717) is 13.2 Å². The molecule has 164 valence electrons. The van der Waals surface area contributed by atoms with Crippen molar-refractivity contribution in [2.75, 3.05) is 13.2 Å². The second-order valence-corrected chi connectivity index (χ2v) is 7.62. The molecule has 0 saturated heterocycles. The summed E-state index contributed by atoms with van der Waals surface area (Å²) in [5, 5.41) is 0. The Morgan fingerprint density at radius 1 is 0.500 bits per heavy atom. The average molecular weight is 397 g/mol. The molecule has 0 spiro atoms. The molecule has 0 atom stereocenters. The van der Waals surface area contributed by atoms with Crippen molar-refractivity contribution in [3.63, 3.8) is 0 Å². The van der Waals surface area contributed by atoms with Gasteiger partial charge in [-0.25, -0.2) is 9.59 Å². The van der Waals surface area contributed by atoms with Crippen LogP contribution in [0.5, 0.6) is 0 Å². The lowest BCUT2D eigenvalue weighted by Gasteiger charge is -2.04. The number of hydrogen-bond donors (Lipinski definition) is 0. The molecule has 0 fully saturated rings. The predicted octanol–water partition coefficient (Wildman–Crippen LogP) is 6.91. The van der Waals surface area contributed by atoms with Crippen LogP contribution in [0.2, 0.25) is 0 Å². The van der Waals surface area contributed by atoms with Crippen LogP contribution in [-0.2, 0) is 19.1 Å². The molecule has 0 bridgehead atoms. The van der Waals surface area contributed by atoms with E-state index in [1.165, 1.54) is 70.6 Å². The summed E-state index contributed by atoms with van der Waals surface area (Å²) in [5.74, 6) is -0.946. The number of carbonyl (C=O) groups is 2. The smallest absolute Gasteiger partial charge is 0.331 e. The topological polar surface area (TPSA) is 52.6 Å². The molecule has 0 radical (unpaired) electrons. The molecule has 0 heterocycles. The largest absolute Gasteiger partial charge is 0.463 e. The van der Waals surface area contributed by atoms with E-state index >= 15 is 0 Å². The standard InChI is InChI=1S/C24H44O4/c1-3-5-7-8-9-10-11-12-13-14-15-16-18-22-28-24(26)20-19-23(25)27-21-17-6-4-2/h19-20H,3-18,21-22H2,1-2H3/b20-19+. The molecule has 0 aliphatic heterocycles. The van der Waals surface area contributed by atoms with Gasteiger partial charge in [0, 0.05) is 12.2 Å². The Labute approximate surface area is 173 Å². The third-order valence-electron chi connectivity index (χ3n) is 4.84. The minimum atomic E-state index is -0.478. The Morgan fingerprint density at radius 3 is 1.18 bits per heavy atom. The molecular formula is C24H44O4. The van der Waals surface area contributed by atoms with Gasteiger partial charge < -0.3 is 9.47 Å². The molecule has 0 unspecified atom stereocenters. The number of rotatable bonds is 20. The number of carbonyl (C=O) groups excluding carboxylic acids is 2. The highest BCUT2D eigenvalue weighted by Crippen LogP contribution is 2.12. The highest BCUT2D eigenvalue weighted by molar-refractivity contribution is 5.91.